The number of rotatable bonds is 10. The largest absolute Gasteiger partial charge is 0.452 e. The topological polar surface area (TPSA) is 32.8 Å². The zero-order valence-corrected chi connectivity index (χ0v) is 42.9. The first-order valence-electron chi connectivity index (χ1n) is 25.3. The Morgan fingerprint density at radius 3 is 1.00 bits per heavy atom. The van der Waals surface area contributed by atoms with Gasteiger partial charge in [0.05, 0.1) is 0 Å². The molecule has 0 saturated heterocycles. The summed E-state index contributed by atoms with van der Waals surface area (Å²) in [7, 11) is 0. The predicted octanol–water partition coefficient (Wildman–Crippen LogP) is 20.5. The number of aryl methyl sites for hydroxylation is 4. The number of hydrogen-bond donors (Lipinski definition) is 0. The van der Waals surface area contributed by atoms with Crippen LogP contribution in [0.15, 0.2) is 154 Å². The van der Waals surface area contributed by atoms with Crippen LogP contribution in [0.25, 0.3) is 65.4 Å². The van der Waals surface area contributed by atoms with Crippen molar-refractivity contribution in [3.05, 3.63) is 190 Å². The van der Waals surface area contributed by atoms with E-state index in [1.165, 1.54) is 55.3 Å². The molecule has 0 unspecified atom stereocenters. The zero-order chi connectivity index (χ0) is 48.9. The number of benzene rings is 9. The molecule has 0 fully saturated rings. The minimum Gasteiger partial charge on any atom is -0.452 e. The molecule has 9 aromatic carbocycles. The van der Waals surface area contributed by atoms with Crippen molar-refractivity contribution in [1.29, 1.82) is 0 Å². The molecule has 0 aliphatic rings. The molecule has 11 aromatic rings. The van der Waals surface area contributed by atoms with Crippen molar-refractivity contribution in [3.63, 3.8) is 0 Å². The molecule has 4 heteroatoms. The monoisotopic (exact) mass is 916 g/mol. The maximum atomic E-state index is 7.14. The molecule has 0 spiro atoms. The number of fused-ring (bicyclic) bond motifs is 9. The van der Waals surface area contributed by atoms with Gasteiger partial charge < -0.3 is 18.6 Å². The first kappa shape index (κ1) is 45.2. The Bertz CT molecular complexity index is 3570. The molecule has 4 nitrogen and oxygen atoms in total. The van der Waals surface area contributed by atoms with Crippen molar-refractivity contribution < 1.29 is 8.83 Å². The van der Waals surface area contributed by atoms with Gasteiger partial charge >= 0.3 is 0 Å². The van der Waals surface area contributed by atoms with Gasteiger partial charge in [0.15, 0.2) is 11.2 Å². The standard InChI is InChI=1S/C66H64N2O2/c1-37(2)45-15-23-51(24-16-45)67(53-21-13-41(9)43(11)29-53)55-27-19-47-33-57-59(35-49(47)31-55)69-65-63(57)61(39(5)6)62(40(7)8)64-58-34-48-20-28-56(32-50(48)36-60(58)70-66(64)65)68(54-22-14-42(10)44(12)30-54)52-25-17-46(18-26-52)38(3)4/h13-40H,1-12H3. The zero-order valence-electron chi connectivity index (χ0n) is 42.9. The van der Waals surface area contributed by atoms with Gasteiger partial charge in [-0.2, -0.15) is 0 Å². The first-order chi connectivity index (χ1) is 33.6. The van der Waals surface area contributed by atoms with Crippen LogP contribution in [-0.4, -0.2) is 0 Å². The third kappa shape index (κ3) is 7.60. The highest BCUT2D eigenvalue weighted by molar-refractivity contribution is 6.24. The quantitative estimate of drug-likeness (QED) is 0.137. The second-order valence-corrected chi connectivity index (χ2v) is 21.2. The Balaban J connectivity index is 1.09. The van der Waals surface area contributed by atoms with Crippen molar-refractivity contribution in [2.24, 2.45) is 0 Å². The molecule has 0 aliphatic carbocycles. The van der Waals surface area contributed by atoms with Crippen LogP contribution < -0.4 is 9.80 Å². The average Bonchev–Trinajstić information content (AvgIpc) is 3.89. The fraction of sp³-hybridized carbons (Fsp3) is 0.242. The highest BCUT2D eigenvalue weighted by atomic mass is 16.4. The van der Waals surface area contributed by atoms with E-state index >= 15 is 0 Å². The van der Waals surface area contributed by atoms with E-state index in [2.05, 4.69) is 238 Å². The number of furan rings is 2. The highest BCUT2D eigenvalue weighted by Crippen LogP contribution is 2.50. The first-order valence-corrected chi connectivity index (χ1v) is 25.3. The Labute approximate surface area is 413 Å². The van der Waals surface area contributed by atoms with Gasteiger partial charge in [0.2, 0.25) is 0 Å². The van der Waals surface area contributed by atoms with E-state index in [4.69, 9.17) is 8.83 Å². The van der Waals surface area contributed by atoms with E-state index in [1.807, 2.05) is 0 Å². The van der Waals surface area contributed by atoms with Gasteiger partial charge in [0.25, 0.3) is 0 Å². The summed E-state index contributed by atoms with van der Waals surface area (Å²) in [5.74, 6) is 1.41. The average molecular weight is 917 g/mol. The Morgan fingerprint density at radius 2 is 0.657 bits per heavy atom. The van der Waals surface area contributed by atoms with Crippen LogP contribution in [0, 0.1) is 27.7 Å². The number of anilines is 6. The highest BCUT2D eigenvalue weighted by Gasteiger charge is 2.28. The molecule has 0 atom stereocenters. The van der Waals surface area contributed by atoms with Crippen LogP contribution in [-0.2, 0) is 0 Å². The molecule has 0 bridgehead atoms. The van der Waals surface area contributed by atoms with Gasteiger partial charge in [-0.3, -0.25) is 0 Å². The molecule has 2 aromatic heterocycles. The van der Waals surface area contributed by atoms with Crippen LogP contribution in [0.5, 0.6) is 0 Å². The molecule has 2 heterocycles. The summed E-state index contributed by atoms with van der Waals surface area (Å²) in [5.41, 5.74) is 20.6. The minimum absolute atomic E-state index is 0.246. The molecule has 350 valence electrons. The molecule has 0 radical (unpaired) electrons. The number of hydrogen-bond acceptors (Lipinski definition) is 4. The third-order valence-electron chi connectivity index (χ3n) is 15.1. The Kier molecular flexibility index (Phi) is 11.1. The van der Waals surface area contributed by atoms with Gasteiger partial charge in [-0.25, -0.2) is 0 Å². The van der Waals surface area contributed by atoms with Gasteiger partial charge in [-0.05, 0) is 214 Å². The molecular weight excluding hydrogens is 853 g/mol. The molecule has 0 saturated carbocycles. The summed E-state index contributed by atoms with van der Waals surface area (Å²) in [6.07, 6.45) is 0. The summed E-state index contributed by atoms with van der Waals surface area (Å²) in [6.45, 7) is 27.0. The van der Waals surface area contributed by atoms with Gasteiger partial charge in [0, 0.05) is 55.7 Å². The second-order valence-electron chi connectivity index (χ2n) is 21.2. The summed E-state index contributed by atoms with van der Waals surface area (Å²) in [4.78, 5) is 4.75. The summed E-state index contributed by atoms with van der Waals surface area (Å²) in [5, 5.41) is 9.17. The van der Waals surface area contributed by atoms with Crippen molar-refractivity contribution in [2.45, 2.75) is 107 Å². The third-order valence-corrected chi connectivity index (χ3v) is 15.1. The van der Waals surface area contributed by atoms with Gasteiger partial charge in [-0.15, -0.1) is 0 Å². The Hall–Kier alpha value is -7.30. The summed E-state index contributed by atoms with van der Waals surface area (Å²) < 4.78 is 14.3. The normalized spacial score (nSPS) is 12.2. The molecule has 0 amide bonds. The van der Waals surface area contributed by atoms with E-state index in [9.17, 15) is 0 Å². The van der Waals surface area contributed by atoms with Crippen molar-refractivity contribution in [1.82, 2.24) is 0 Å². The molecule has 0 N–H and O–H groups in total. The van der Waals surface area contributed by atoms with Crippen LogP contribution in [0.4, 0.5) is 34.1 Å². The lowest BCUT2D eigenvalue weighted by atomic mass is 9.84. The minimum atomic E-state index is 0.246. The Morgan fingerprint density at radius 1 is 0.314 bits per heavy atom. The lowest BCUT2D eigenvalue weighted by Gasteiger charge is -2.27. The lowest BCUT2D eigenvalue weighted by molar-refractivity contribution is 0.632. The van der Waals surface area contributed by atoms with Crippen molar-refractivity contribution in [2.75, 3.05) is 9.80 Å². The fourth-order valence-corrected chi connectivity index (χ4v) is 10.9. The van der Waals surface area contributed by atoms with Crippen LogP contribution >= 0.6 is 0 Å². The van der Waals surface area contributed by atoms with Crippen LogP contribution in [0.2, 0.25) is 0 Å². The van der Waals surface area contributed by atoms with Crippen LogP contribution in [0.1, 0.15) is 124 Å². The second kappa shape index (κ2) is 17.3. The van der Waals surface area contributed by atoms with E-state index in [-0.39, 0.29) is 11.8 Å². The van der Waals surface area contributed by atoms with E-state index < -0.39 is 0 Å². The fourth-order valence-electron chi connectivity index (χ4n) is 10.9. The van der Waals surface area contributed by atoms with E-state index in [0.717, 1.165) is 88.8 Å². The van der Waals surface area contributed by atoms with Gasteiger partial charge in [0.1, 0.15) is 11.2 Å². The van der Waals surface area contributed by atoms with Crippen molar-refractivity contribution in [3.8, 4) is 0 Å². The predicted molar refractivity (Wildman–Crippen MR) is 301 cm³/mol. The summed E-state index contributed by atoms with van der Waals surface area (Å²) >= 11 is 0. The SMILES string of the molecule is Cc1ccc(N(c2ccc(C(C)C)cc2)c2ccc3cc4c(cc3c2)oc2c3oc5cc6cc(N(c7ccc(C(C)C)cc7)c7ccc(C)c(C)c7)ccc6cc5c3c(C(C)C)c(C(C)C)c42)cc1C. The van der Waals surface area contributed by atoms with E-state index in [0.29, 0.717) is 11.8 Å². The van der Waals surface area contributed by atoms with Gasteiger partial charge in [-0.1, -0.05) is 104 Å². The smallest absolute Gasteiger partial charge is 0.178 e. The lowest BCUT2D eigenvalue weighted by Crippen LogP contribution is -2.10. The number of nitrogens with zero attached hydrogens (tertiary/aromatic N) is 2. The molecular formula is C66H64N2O2. The maximum absolute atomic E-state index is 7.14. The molecule has 11 rings (SSSR count). The van der Waals surface area contributed by atoms with Crippen LogP contribution in [0.3, 0.4) is 0 Å². The maximum Gasteiger partial charge on any atom is 0.178 e. The molecule has 70 heavy (non-hydrogen) atoms. The molecule has 0 aliphatic heterocycles. The van der Waals surface area contributed by atoms with Crippen molar-refractivity contribution >= 4 is 99.5 Å². The summed E-state index contributed by atoms with van der Waals surface area (Å²) in [6, 6.07) is 54.5. The van der Waals surface area contributed by atoms with E-state index in [1.54, 1.807) is 0 Å².